The maximum atomic E-state index is 13.3. The highest BCUT2D eigenvalue weighted by Crippen LogP contribution is 2.39. The molecule has 2 amide bonds. The van der Waals surface area contributed by atoms with Crippen molar-refractivity contribution in [2.45, 2.75) is 51.0 Å². The van der Waals surface area contributed by atoms with Crippen molar-refractivity contribution in [2.75, 3.05) is 12.4 Å². The number of ether oxygens (including phenoxy) is 5. The zero-order chi connectivity index (χ0) is 34.2. The van der Waals surface area contributed by atoms with E-state index < -0.39 is 65.1 Å². The SMILES string of the molecule is CO[C@@H]1[C@@H](OC(N)=O)[C@@H](O)[C@H](Oc2ccc3c(O)c(NC(=O)c4ccc(Cl)c(Oc5ccc(F)cc5)c4)c(=O)oc3c2C)OC1(C)C. The summed E-state index contributed by atoms with van der Waals surface area (Å²) in [5.74, 6) is -1.38. The number of benzene rings is 3. The van der Waals surface area contributed by atoms with Gasteiger partial charge in [-0.15, -0.1) is 0 Å². The Morgan fingerprint density at radius 3 is 2.45 bits per heavy atom. The van der Waals surface area contributed by atoms with Crippen LogP contribution in [0.3, 0.4) is 0 Å². The van der Waals surface area contributed by atoms with E-state index in [-0.39, 0.29) is 44.4 Å². The molecule has 5 rings (SSSR count). The lowest BCUT2D eigenvalue weighted by Crippen LogP contribution is -2.65. The van der Waals surface area contributed by atoms with Crippen molar-refractivity contribution in [3.05, 3.63) is 87.0 Å². The van der Waals surface area contributed by atoms with E-state index in [9.17, 15) is 29.0 Å². The molecule has 1 aliphatic heterocycles. The molecule has 13 nitrogen and oxygen atoms in total. The zero-order valence-electron chi connectivity index (χ0n) is 25.4. The number of methoxy groups -OCH3 is 1. The molecule has 1 fully saturated rings. The number of halogens is 2. The van der Waals surface area contributed by atoms with Crippen LogP contribution in [-0.2, 0) is 14.2 Å². The third-order valence-corrected chi connectivity index (χ3v) is 7.80. The van der Waals surface area contributed by atoms with Gasteiger partial charge in [-0.05, 0) is 75.4 Å². The number of primary amides is 1. The average Bonchev–Trinajstić information content (AvgIpc) is 3.01. The predicted molar refractivity (Wildman–Crippen MR) is 166 cm³/mol. The summed E-state index contributed by atoms with van der Waals surface area (Å²) in [4.78, 5) is 37.7. The van der Waals surface area contributed by atoms with E-state index in [4.69, 9.17) is 45.4 Å². The lowest BCUT2D eigenvalue weighted by Gasteiger charge is -2.47. The smallest absolute Gasteiger partial charge is 0.404 e. The van der Waals surface area contributed by atoms with Crippen molar-refractivity contribution >= 4 is 40.3 Å². The summed E-state index contributed by atoms with van der Waals surface area (Å²) in [7, 11) is 1.36. The molecule has 0 unspecified atom stereocenters. The van der Waals surface area contributed by atoms with Gasteiger partial charge in [0, 0.05) is 18.2 Å². The molecule has 3 aromatic carbocycles. The Morgan fingerprint density at radius 1 is 1.09 bits per heavy atom. The number of fused-ring (bicyclic) bond motifs is 1. The lowest BCUT2D eigenvalue weighted by molar-refractivity contribution is -0.304. The minimum absolute atomic E-state index is 0.0219. The fourth-order valence-electron chi connectivity index (χ4n) is 5.21. The molecule has 0 radical (unpaired) electrons. The van der Waals surface area contributed by atoms with Gasteiger partial charge in [0.05, 0.1) is 16.0 Å². The van der Waals surface area contributed by atoms with Crippen LogP contribution in [-0.4, -0.2) is 59.5 Å². The molecule has 5 N–H and O–H groups in total. The molecule has 15 heteroatoms. The normalized spacial score (nSPS) is 20.4. The topological polar surface area (TPSA) is 189 Å². The maximum Gasteiger partial charge on any atom is 0.404 e. The molecule has 1 aromatic heterocycles. The van der Waals surface area contributed by atoms with E-state index in [1.54, 1.807) is 13.8 Å². The van der Waals surface area contributed by atoms with Gasteiger partial charge < -0.3 is 49.4 Å². The molecule has 4 atom stereocenters. The fraction of sp³-hybridized carbons (Fsp3) is 0.281. The molecule has 47 heavy (non-hydrogen) atoms. The second-order valence-electron chi connectivity index (χ2n) is 11.1. The number of nitrogens with two attached hydrogens (primary N) is 1. The summed E-state index contributed by atoms with van der Waals surface area (Å²) < 4.78 is 46.8. The van der Waals surface area contributed by atoms with Crippen molar-refractivity contribution in [2.24, 2.45) is 5.73 Å². The number of amides is 2. The summed E-state index contributed by atoms with van der Waals surface area (Å²) in [5, 5.41) is 24.6. The lowest BCUT2D eigenvalue weighted by atomic mass is 9.89. The van der Waals surface area contributed by atoms with Crippen LogP contribution < -0.4 is 26.1 Å². The van der Waals surface area contributed by atoms with Gasteiger partial charge in [0.15, 0.2) is 23.6 Å². The molecular weight excluding hydrogens is 643 g/mol. The third kappa shape index (κ3) is 6.81. The largest absolute Gasteiger partial charge is 0.505 e. The highest BCUT2D eigenvalue weighted by molar-refractivity contribution is 6.32. The Kier molecular flexibility index (Phi) is 9.32. The number of anilines is 1. The quantitative estimate of drug-likeness (QED) is 0.184. The van der Waals surface area contributed by atoms with Crippen molar-refractivity contribution in [3.8, 4) is 23.0 Å². The van der Waals surface area contributed by atoms with Crippen molar-refractivity contribution in [3.63, 3.8) is 0 Å². The number of carbonyl (C=O) groups excluding carboxylic acids is 2. The number of hydrogen-bond donors (Lipinski definition) is 4. The minimum Gasteiger partial charge on any atom is -0.505 e. The number of aliphatic hydroxyl groups is 1. The molecule has 1 saturated heterocycles. The predicted octanol–water partition coefficient (Wildman–Crippen LogP) is 5.00. The summed E-state index contributed by atoms with van der Waals surface area (Å²) >= 11 is 6.21. The van der Waals surface area contributed by atoms with Crippen LogP contribution in [0.2, 0.25) is 5.02 Å². The Bertz CT molecular complexity index is 1900. The zero-order valence-corrected chi connectivity index (χ0v) is 26.2. The van der Waals surface area contributed by atoms with Crippen LogP contribution >= 0.6 is 11.6 Å². The first-order chi connectivity index (χ1) is 22.2. The Labute approximate surface area is 271 Å². The third-order valence-electron chi connectivity index (χ3n) is 7.49. The first kappa shape index (κ1) is 33.5. The number of rotatable bonds is 8. The Balaban J connectivity index is 1.40. The molecule has 1 aliphatic rings. The van der Waals surface area contributed by atoms with Gasteiger partial charge in [-0.3, -0.25) is 4.79 Å². The van der Waals surface area contributed by atoms with Gasteiger partial charge in [-0.25, -0.2) is 14.0 Å². The van der Waals surface area contributed by atoms with E-state index in [1.807, 2.05) is 0 Å². The number of aliphatic hydroxyl groups excluding tert-OH is 1. The maximum absolute atomic E-state index is 13.3. The van der Waals surface area contributed by atoms with Crippen LogP contribution in [0.5, 0.6) is 23.0 Å². The van der Waals surface area contributed by atoms with Crippen LogP contribution in [0, 0.1) is 12.7 Å². The van der Waals surface area contributed by atoms with Crippen molar-refractivity contribution < 1.29 is 52.3 Å². The fourth-order valence-corrected chi connectivity index (χ4v) is 5.37. The number of aromatic hydroxyl groups is 1. The van der Waals surface area contributed by atoms with Crippen LogP contribution in [0.1, 0.15) is 29.8 Å². The molecular formula is C32H30ClFN2O11. The van der Waals surface area contributed by atoms with Gasteiger partial charge in [0.1, 0.15) is 34.8 Å². The van der Waals surface area contributed by atoms with Gasteiger partial charge in [0.2, 0.25) is 6.29 Å². The highest BCUT2D eigenvalue weighted by atomic mass is 35.5. The first-order valence-electron chi connectivity index (χ1n) is 14.0. The standard InChI is InChI=1S/C32H30ClFN2O11/c1-14-20(44-30-24(38)26(46-31(35)41)27(42-4)32(2,3)47-30)12-10-18-23(37)22(29(40)45-25(14)18)36-28(39)15-5-11-19(33)21(13-15)43-17-8-6-16(34)7-9-17/h5-13,24,26-27,30,37-38H,1-4H3,(H2,35,41)(H,36,39)/t24-,26+,27-,30-/m1/s1. The average molecular weight is 673 g/mol. The molecule has 2 heterocycles. The summed E-state index contributed by atoms with van der Waals surface area (Å²) in [6, 6.07) is 12.0. The Hall–Kier alpha value is -4.89. The minimum atomic E-state index is -1.54. The molecule has 248 valence electrons. The van der Waals surface area contributed by atoms with E-state index >= 15 is 0 Å². The number of nitrogens with one attached hydrogen (secondary N) is 1. The number of carbonyl (C=O) groups is 2. The Morgan fingerprint density at radius 2 is 1.79 bits per heavy atom. The molecule has 0 aliphatic carbocycles. The van der Waals surface area contributed by atoms with Crippen molar-refractivity contribution in [1.82, 2.24) is 0 Å². The molecule has 0 bridgehead atoms. The molecule has 0 saturated carbocycles. The molecule has 0 spiro atoms. The molecule has 4 aromatic rings. The van der Waals surface area contributed by atoms with E-state index in [1.165, 1.54) is 68.6 Å². The summed E-state index contributed by atoms with van der Waals surface area (Å²) in [6.45, 7) is 4.82. The second-order valence-corrected chi connectivity index (χ2v) is 11.5. The summed E-state index contributed by atoms with van der Waals surface area (Å²) in [6.07, 6.45) is -6.20. The van der Waals surface area contributed by atoms with E-state index in [0.717, 1.165) is 0 Å². The van der Waals surface area contributed by atoms with E-state index in [2.05, 4.69) is 5.32 Å². The highest BCUT2D eigenvalue weighted by Gasteiger charge is 2.53. The van der Waals surface area contributed by atoms with Crippen LogP contribution in [0.25, 0.3) is 11.0 Å². The number of aryl methyl sites for hydroxylation is 1. The number of hydrogen-bond acceptors (Lipinski definition) is 11. The van der Waals surface area contributed by atoms with Gasteiger partial charge >= 0.3 is 11.7 Å². The monoisotopic (exact) mass is 672 g/mol. The van der Waals surface area contributed by atoms with Crippen molar-refractivity contribution in [1.29, 1.82) is 0 Å². The summed E-state index contributed by atoms with van der Waals surface area (Å²) in [5.41, 5.74) is 2.67. The van der Waals surface area contributed by atoms with E-state index in [0.29, 0.717) is 0 Å². The first-order valence-corrected chi connectivity index (χ1v) is 14.4. The van der Waals surface area contributed by atoms with Crippen LogP contribution in [0.4, 0.5) is 14.9 Å². The second kappa shape index (κ2) is 13.1. The van der Waals surface area contributed by atoms with Gasteiger partial charge in [-0.1, -0.05) is 11.6 Å². The van der Waals surface area contributed by atoms with Gasteiger partial charge in [0.25, 0.3) is 5.91 Å². The van der Waals surface area contributed by atoms with Crippen LogP contribution in [0.15, 0.2) is 63.8 Å². The van der Waals surface area contributed by atoms with Gasteiger partial charge in [-0.2, -0.15) is 0 Å².